The average Bonchev–Trinajstić information content (AvgIpc) is 2.56. The molecule has 2 aromatic rings. The summed E-state index contributed by atoms with van der Waals surface area (Å²) < 4.78 is 0. The van der Waals surface area contributed by atoms with E-state index in [1.54, 1.807) is 6.07 Å². The number of aromatic nitrogens is 2. The van der Waals surface area contributed by atoms with Gasteiger partial charge in [-0.3, -0.25) is 4.79 Å². The third-order valence-corrected chi connectivity index (χ3v) is 3.91. The predicted molar refractivity (Wildman–Crippen MR) is 97.0 cm³/mol. The van der Waals surface area contributed by atoms with Crippen LogP contribution in [0.15, 0.2) is 30.6 Å². The van der Waals surface area contributed by atoms with Crippen LogP contribution in [0, 0.1) is 6.92 Å². The molecule has 1 aromatic heterocycles. The van der Waals surface area contributed by atoms with Crippen LogP contribution in [0.4, 0.5) is 11.5 Å². The molecule has 0 fully saturated rings. The fourth-order valence-electron chi connectivity index (χ4n) is 2.12. The highest BCUT2D eigenvalue weighted by atomic mass is 35.5. The highest BCUT2D eigenvalue weighted by molar-refractivity contribution is 6.31. The van der Waals surface area contributed by atoms with Gasteiger partial charge in [-0.1, -0.05) is 17.7 Å². The monoisotopic (exact) mass is 347 g/mol. The molecule has 128 valence electrons. The number of nitrogens with zero attached hydrogens (tertiary/aromatic N) is 3. The van der Waals surface area contributed by atoms with Gasteiger partial charge in [0.15, 0.2) is 0 Å². The molecule has 0 aliphatic heterocycles. The molecule has 0 atom stereocenters. The zero-order valence-electron chi connectivity index (χ0n) is 14.1. The molecule has 7 heteroatoms. The highest BCUT2D eigenvalue weighted by Crippen LogP contribution is 2.25. The first kappa shape index (κ1) is 18.2. The van der Waals surface area contributed by atoms with Crippen LogP contribution in [-0.4, -0.2) is 48.0 Å². The number of hydrogen-bond donors (Lipinski definition) is 2. The molecular formula is C17H22ClN5O. The fraction of sp³-hybridized carbons (Fsp3) is 0.353. The summed E-state index contributed by atoms with van der Waals surface area (Å²) in [7, 11) is 4.00. The first-order valence-electron chi connectivity index (χ1n) is 7.74. The van der Waals surface area contributed by atoms with Gasteiger partial charge in [0, 0.05) is 23.3 Å². The van der Waals surface area contributed by atoms with Crippen LogP contribution in [0.25, 0.3) is 0 Å². The molecule has 2 N–H and O–H groups in total. The second-order valence-electron chi connectivity index (χ2n) is 5.74. The Bertz CT molecular complexity index is 705. The Morgan fingerprint density at radius 2 is 2.08 bits per heavy atom. The van der Waals surface area contributed by atoms with Gasteiger partial charge in [0.05, 0.1) is 0 Å². The number of benzene rings is 1. The van der Waals surface area contributed by atoms with Gasteiger partial charge >= 0.3 is 0 Å². The lowest BCUT2D eigenvalue weighted by atomic mass is 10.2. The van der Waals surface area contributed by atoms with Crippen molar-refractivity contribution in [2.75, 3.05) is 32.5 Å². The molecule has 0 spiro atoms. The number of anilines is 2. The van der Waals surface area contributed by atoms with Crippen molar-refractivity contribution in [2.45, 2.75) is 13.3 Å². The normalized spacial score (nSPS) is 10.7. The molecule has 0 radical (unpaired) electrons. The van der Waals surface area contributed by atoms with Crippen molar-refractivity contribution in [2.24, 2.45) is 0 Å². The lowest BCUT2D eigenvalue weighted by molar-refractivity contribution is 0.0947. The highest BCUT2D eigenvalue weighted by Gasteiger charge is 2.09. The van der Waals surface area contributed by atoms with Crippen molar-refractivity contribution < 1.29 is 4.79 Å². The maximum absolute atomic E-state index is 12.2. The van der Waals surface area contributed by atoms with Gasteiger partial charge in [-0.25, -0.2) is 9.97 Å². The summed E-state index contributed by atoms with van der Waals surface area (Å²) in [6.45, 7) is 3.45. The zero-order valence-corrected chi connectivity index (χ0v) is 14.9. The van der Waals surface area contributed by atoms with E-state index < -0.39 is 0 Å². The average molecular weight is 348 g/mol. The van der Waals surface area contributed by atoms with Crippen molar-refractivity contribution in [1.82, 2.24) is 20.2 Å². The quantitative estimate of drug-likeness (QED) is 0.754. The molecule has 0 aliphatic rings. The minimum absolute atomic E-state index is 0.206. The summed E-state index contributed by atoms with van der Waals surface area (Å²) in [5.74, 6) is 0.343. The van der Waals surface area contributed by atoms with E-state index in [-0.39, 0.29) is 5.91 Å². The van der Waals surface area contributed by atoms with Gasteiger partial charge in [-0.05, 0) is 51.7 Å². The topological polar surface area (TPSA) is 70.2 Å². The third-order valence-electron chi connectivity index (χ3n) is 3.50. The van der Waals surface area contributed by atoms with Crippen LogP contribution in [0.2, 0.25) is 5.02 Å². The van der Waals surface area contributed by atoms with E-state index in [9.17, 15) is 4.79 Å². The van der Waals surface area contributed by atoms with Crippen LogP contribution in [0.5, 0.6) is 0 Å². The van der Waals surface area contributed by atoms with Crippen LogP contribution in [-0.2, 0) is 0 Å². The van der Waals surface area contributed by atoms with Gasteiger partial charge in [-0.2, -0.15) is 0 Å². The Balaban J connectivity index is 2.00. The van der Waals surface area contributed by atoms with Crippen LogP contribution in [0.3, 0.4) is 0 Å². The number of amides is 1. The summed E-state index contributed by atoms with van der Waals surface area (Å²) in [6, 6.07) is 7.22. The Morgan fingerprint density at radius 3 is 2.83 bits per heavy atom. The number of nitrogens with one attached hydrogen (secondary N) is 2. The molecule has 0 saturated heterocycles. The molecule has 1 amide bonds. The third kappa shape index (κ3) is 5.18. The molecule has 2 rings (SSSR count). The van der Waals surface area contributed by atoms with Crippen LogP contribution in [0.1, 0.15) is 22.5 Å². The Labute approximate surface area is 147 Å². The number of carbonyl (C=O) groups excluding carboxylic acids is 1. The first-order valence-corrected chi connectivity index (χ1v) is 8.12. The maximum atomic E-state index is 12.2. The minimum Gasteiger partial charge on any atom is -0.351 e. The van der Waals surface area contributed by atoms with Gasteiger partial charge in [0.2, 0.25) is 0 Å². The molecule has 0 aliphatic carbocycles. The first-order chi connectivity index (χ1) is 11.5. The van der Waals surface area contributed by atoms with Crippen molar-refractivity contribution in [3.63, 3.8) is 0 Å². The van der Waals surface area contributed by atoms with Gasteiger partial charge in [0.1, 0.15) is 17.8 Å². The molecule has 0 saturated carbocycles. The predicted octanol–water partition coefficient (Wildman–Crippen LogP) is 2.86. The van der Waals surface area contributed by atoms with E-state index in [1.807, 2.05) is 39.2 Å². The van der Waals surface area contributed by atoms with E-state index in [1.165, 1.54) is 6.33 Å². The number of rotatable bonds is 7. The van der Waals surface area contributed by atoms with Crippen molar-refractivity contribution in [3.8, 4) is 0 Å². The van der Waals surface area contributed by atoms with Gasteiger partial charge < -0.3 is 15.5 Å². The van der Waals surface area contributed by atoms with E-state index >= 15 is 0 Å². The Morgan fingerprint density at radius 1 is 1.29 bits per heavy atom. The number of carbonyl (C=O) groups is 1. The lowest BCUT2D eigenvalue weighted by Gasteiger charge is -2.11. The van der Waals surface area contributed by atoms with Crippen molar-refractivity contribution >= 4 is 29.0 Å². The van der Waals surface area contributed by atoms with E-state index in [0.717, 1.165) is 24.2 Å². The van der Waals surface area contributed by atoms with E-state index in [4.69, 9.17) is 11.6 Å². The Kier molecular flexibility index (Phi) is 6.52. The second-order valence-corrected chi connectivity index (χ2v) is 6.15. The molecule has 1 aromatic carbocycles. The van der Waals surface area contributed by atoms with E-state index in [0.29, 0.717) is 23.1 Å². The lowest BCUT2D eigenvalue weighted by Crippen LogP contribution is -2.27. The standard InChI is InChI=1S/C17H22ClN5O/c1-12-13(18)6-4-7-14(12)22-16-10-15(20-11-21-16)17(24)19-8-5-9-23(2)3/h4,6-7,10-11H,5,8-9H2,1-3H3,(H,19,24)(H,20,21,22). The number of hydrogen-bond acceptors (Lipinski definition) is 5. The van der Waals surface area contributed by atoms with Crippen LogP contribution >= 0.6 is 11.6 Å². The molecule has 0 unspecified atom stereocenters. The molecule has 6 nitrogen and oxygen atoms in total. The van der Waals surface area contributed by atoms with Crippen molar-refractivity contribution in [1.29, 1.82) is 0 Å². The smallest absolute Gasteiger partial charge is 0.270 e. The minimum atomic E-state index is -0.206. The summed E-state index contributed by atoms with van der Waals surface area (Å²) in [5, 5.41) is 6.70. The summed E-state index contributed by atoms with van der Waals surface area (Å²) in [5.41, 5.74) is 2.10. The molecule has 0 bridgehead atoms. The SMILES string of the molecule is Cc1c(Cl)cccc1Nc1cc(C(=O)NCCCN(C)C)ncn1. The van der Waals surface area contributed by atoms with E-state index in [2.05, 4.69) is 25.5 Å². The summed E-state index contributed by atoms with van der Waals surface area (Å²) in [4.78, 5) is 22.4. The molecule has 24 heavy (non-hydrogen) atoms. The summed E-state index contributed by atoms with van der Waals surface area (Å²) >= 11 is 6.11. The molecular weight excluding hydrogens is 326 g/mol. The largest absolute Gasteiger partial charge is 0.351 e. The van der Waals surface area contributed by atoms with Gasteiger partial charge in [-0.15, -0.1) is 0 Å². The van der Waals surface area contributed by atoms with Crippen LogP contribution < -0.4 is 10.6 Å². The summed E-state index contributed by atoms with van der Waals surface area (Å²) in [6.07, 6.45) is 2.26. The number of halogens is 1. The second kappa shape index (κ2) is 8.61. The van der Waals surface area contributed by atoms with Gasteiger partial charge in [0.25, 0.3) is 5.91 Å². The van der Waals surface area contributed by atoms with Crippen molar-refractivity contribution in [3.05, 3.63) is 46.9 Å². The fourth-order valence-corrected chi connectivity index (χ4v) is 2.29. The zero-order chi connectivity index (χ0) is 17.5. The Hall–Kier alpha value is -2.18. The molecule has 1 heterocycles. The maximum Gasteiger partial charge on any atom is 0.270 e.